The van der Waals surface area contributed by atoms with Crippen molar-refractivity contribution in [1.82, 2.24) is 10.2 Å². The maximum absolute atomic E-state index is 3.47. The highest BCUT2D eigenvalue weighted by atomic mass is 32.2. The van der Waals surface area contributed by atoms with E-state index in [0.29, 0.717) is 6.04 Å². The largest absolute Gasteiger partial charge is 0.316 e. The minimum absolute atomic E-state index is 0.596. The smallest absolute Gasteiger partial charge is 0.0170 e. The summed E-state index contributed by atoms with van der Waals surface area (Å²) in [5, 5.41) is 3.47. The second-order valence-electron chi connectivity index (χ2n) is 5.69. The normalized spacial score (nSPS) is 17.7. The summed E-state index contributed by atoms with van der Waals surface area (Å²) in [6, 6.07) is 11.3. The molecule has 0 aromatic heterocycles. The van der Waals surface area contributed by atoms with Crippen molar-refractivity contribution in [1.29, 1.82) is 0 Å². The van der Waals surface area contributed by atoms with E-state index in [1.165, 1.54) is 43.8 Å². The number of nitrogens with one attached hydrogen (secondary N) is 1. The monoisotopic (exact) mass is 304 g/mol. The van der Waals surface area contributed by atoms with Gasteiger partial charge in [-0.15, -0.1) is 11.8 Å². The molecule has 0 radical (unpaired) electrons. The third kappa shape index (κ3) is 5.85. The van der Waals surface area contributed by atoms with Crippen LogP contribution in [0.15, 0.2) is 46.9 Å². The number of benzene rings is 1. The van der Waals surface area contributed by atoms with Gasteiger partial charge in [-0.25, -0.2) is 0 Å². The Bertz CT molecular complexity index is 420. The van der Waals surface area contributed by atoms with Crippen molar-refractivity contribution in [3.8, 4) is 0 Å². The van der Waals surface area contributed by atoms with Crippen molar-refractivity contribution in [2.45, 2.75) is 37.1 Å². The van der Waals surface area contributed by atoms with E-state index in [2.05, 4.69) is 60.6 Å². The summed E-state index contributed by atoms with van der Waals surface area (Å²) in [6.45, 7) is 5.87. The van der Waals surface area contributed by atoms with E-state index in [4.69, 9.17) is 0 Å². The summed E-state index contributed by atoms with van der Waals surface area (Å²) in [5.41, 5.74) is 1.64. The van der Waals surface area contributed by atoms with Crippen LogP contribution < -0.4 is 5.32 Å². The summed E-state index contributed by atoms with van der Waals surface area (Å²) in [4.78, 5) is 3.98. The Hall–Kier alpha value is -0.770. The van der Waals surface area contributed by atoms with Crippen molar-refractivity contribution in [3.05, 3.63) is 42.0 Å². The van der Waals surface area contributed by atoms with Gasteiger partial charge < -0.3 is 10.2 Å². The average Bonchev–Trinajstić information content (AvgIpc) is 2.56. The van der Waals surface area contributed by atoms with Gasteiger partial charge in [-0.2, -0.15) is 0 Å². The summed E-state index contributed by atoms with van der Waals surface area (Å²) in [7, 11) is 2.09. The summed E-state index contributed by atoms with van der Waals surface area (Å²) in [6.07, 6.45) is 6.06. The van der Waals surface area contributed by atoms with Crippen LogP contribution in [0.1, 0.15) is 26.2 Å². The van der Waals surface area contributed by atoms with E-state index >= 15 is 0 Å². The van der Waals surface area contributed by atoms with Crippen LogP contribution in [0.25, 0.3) is 0 Å². The molecule has 0 aliphatic carbocycles. The van der Waals surface area contributed by atoms with Crippen molar-refractivity contribution in [3.63, 3.8) is 0 Å². The number of hydrogen-bond acceptors (Lipinski definition) is 3. The lowest BCUT2D eigenvalue weighted by atomic mass is 10.0. The molecule has 0 saturated carbocycles. The fourth-order valence-corrected chi connectivity index (χ4v) is 3.79. The minimum Gasteiger partial charge on any atom is -0.316 e. The number of thioether (sulfide) groups is 1. The molecule has 1 aliphatic heterocycles. The molecule has 1 atom stereocenters. The zero-order valence-electron chi connectivity index (χ0n) is 13.3. The number of allylic oxidation sites excluding steroid dienone is 1. The molecule has 1 fully saturated rings. The second-order valence-corrected chi connectivity index (χ2v) is 6.78. The Labute approximate surface area is 134 Å². The average molecular weight is 305 g/mol. The van der Waals surface area contributed by atoms with Gasteiger partial charge in [0.25, 0.3) is 0 Å². The van der Waals surface area contributed by atoms with Gasteiger partial charge in [0, 0.05) is 29.8 Å². The number of hydrogen-bond donors (Lipinski definition) is 1. The van der Waals surface area contributed by atoms with E-state index < -0.39 is 0 Å². The maximum atomic E-state index is 3.47. The molecule has 1 N–H and O–H groups in total. The van der Waals surface area contributed by atoms with Crippen LogP contribution in [-0.4, -0.2) is 43.4 Å². The third-order valence-corrected chi connectivity index (χ3v) is 5.48. The molecule has 1 saturated heterocycles. The molecule has 2 nitrogen and oxygen atoms in total. The standard InChI is InChI=1S/C18H28N2S/c1-3-16-9-12-20(13-10-16)14-11-17(19-2)15-21-18-7-5-4-6-8-18/h3-8,17,19H,9-15H2,1-2H3/t17-/m1/s1. The topological polar surface area (TPSA) is 15.3 Å². The van der Waals surface area contributed by atoms with Gasteiger partial charge in [0.15, 0.2) is 0 Å². The molecular weight excluding hydrogens is 276 g/mol. The van der Waals surface area contributed by atoms with Crippen LogP contribution in [0.5, 0.6) is 0 Å². The molecule has 0 amide bonds. The fraction of sp³-hybridized carbons (Fsp3) is 0.556. The Morgan fingerprint density at radius 2 is 1.95 bits per heavy atom. The molecule has 1 aliphatic rings. The third-order valence-electron chi connectivity index (χ3n) is 4.30. The first-order valence-corrected chi connectivity index (χ1v) is 9.02. The molecule has 0 spiro atoms. The van der Waals surface area contributed by atoms with Gasteiger partial charge in [-0.1, -0.05) is 29.8 Å². The Morgan fingerprint density at radius 1 is 1.24 bits per heavy atom. The summed E-state index contributed by atoms with van der Waals surface area (Å²) in [5.74, 6) is 1.15. The quantitative estimate of drug-likeness (QED) is 0.609. The van der Waals surface area contributed by atoms with Crippen LogP contribution in [0.4, 0.5) is 0 Å². The molecule has 0 bridgehead atoms. The minimum atomic E-state index is 0.596. The Balaban J connectivity index is 1.68. The lowest BCUT2D eigenvalue weighted by molar-refractivity contribution is 0.245. The predicted octanol–water partition coefficient (Wildman–Crippen LogP) is 3.80. The molecular formula is C18H28N2S. The SMILES string of the molecule is CC=C1CCN(CC[C@H](CSc2ccccc2)NC)CC1. The van der Waals surface area contributed by atoms with E-state index in [0.717, 1.165) is 5.75 Å². The molecule has 1 aromatic carbocycles. The molecule has 21 heavy (non-hydrogen) atoms. The maximum Gasteiger partial charge on any atom is 0.0170 e. The van der Waals surface area contributed by atoms with Crippen molar-refractivity contribution >= 4 is 11.8 Å². The first-order chi connectivity index (χ1) is 10.3. The first kappa shape index (κ1) is 16.6. The highest BCUT2D eigenvalue weighted by molar-refractivity contribution is 7.99. The Morgan fingerprint density at radius 3 is 2.57 bits per heavy atom. The van der Waals surface area contributed by atoms with Crippen LogP contribution in [-0.2, 0) is 0 Å². The molecule has 0 unspecified atom stereocenters. The van der Waals surface area contributed by atoms with E-state index in [1.807, 2.05) is 11.8 Å². The zero-order chi connectivity index (χ0) is 14.9. The number of rotatable bonds is 7. The number of piperidine rings is 1. The lowest BCUT2D eigenvalue weighted by Gasteiger charge is -2.29. The van der Waals surface area contributed by atoms with Crippen LogP contribution in [0.2, 0.25) is 0 Å². The van der Waals surface area contributed by atoms with Gasteiger partial charge in [0.2, 0.25) is 0 Å². The van der Waals surface area contributed by atoms with Crippen LogP contribution in [0, 0.1) is 0 Å². The Kier molecular flexibility index (Phi) is 7.34. The molecule has 116 valence electrons. The van der Waals surface area contributed by atoms with E-state index in [1.54, 1.807) is 5.57 Å². The van der Waals surface area contributed by atoms with Gasteiger partial charge in [-0.3, -0.25) is 0 Å². The van der Waals surface area contributed by atoms with Crippen molar-refractivity contribution < 1.29 is 0 Å². The van der Waals surface area contributed by atoms with Gasteiger partial charge in [0.1, 0.15) is 0 Å². The second kappa shape index (κ2) is 9.29. The van der Waals surface area contributed by atoms with E-state index in [-0.39, 0.29) is 0 Å². The molecule has 2 rings (SSSR count). The predicted molar refractivity (Wildman–Crippen MR) is 94.1 cm³/mol. The van der Waals surface area contributed by atoms with E-state index in [9.17, 15) is 0 Å². The van der Waals surface area contributed by atoms with Crippen molar-refractivity contribution in [2.75, 3.05) is 32.4 Å². The molecule has 1 heterocycles. The van der Waals surface area contributed by atoms with Gasteiger partial charge in [0.05, 0.1) is 0 Å². The highest BCUT2D eigenvalue weighted by Gasteiger charge is 2.15. The first-order valence-electron chi connectivity index (χ1n) is 8.03. The van der Waals surface area contributed by atoms with Crippen molar-refractivity contribution in [2.24, 2.45) is 0 Å². The number of nitrogens with zero attached hydrogens (tertiary/aromatic N) is 1. The fourth-order valence-electron chi connectivity index (χ4n) is 2.72. The van der Waals surface area contributed by atoms with Gasteiger partial charge >= 0.3 is 0 Å². The molecule has 3 heteroatoms. The molecule has 1 aromatic rings. The van der Waals surface area contributed by atoms with Crippen LogP contribution >= 0.6 is 11.8 Å². The summed E-state index contributed by atoms with van der Waals surface area (Å²) >= 11 is 1.95. The van der Waals surface area contributed by atoms with Crippen LogP contribution in [0.3, 0.4) is 0 Å². The summed E-state index contributed by atoms with van der Waals surface area (Å²) < 4.78 is 0. The highest BCUT2D eigenvalue weighted by Crippen LogP contribution is 2.20. The van der Waals surface area contributed by atoms with Gasteiger partial charge in [-0.05, 0) is 51.9 Å². The lowest BCUT2D eigenvalue weighted by Crippen LogP contribution is -2.36. The zero-order valence-corrected chi connectivity index (χ0v) is 14.2. The number of likely N-dealkylation sites (tertiary alicyclic amines) is 1.